The molecule has 0 atom stereocenters. The lowest BCUT2D eigenvalue weighted by molar-refractivity contribution is -0.136. The first-order chi connectivity index (χ1) is 8.15. The molecule has 0 spiro atoms. The molecule has 0 amide bonds. The van der Waals surface area contributed by atoms with E-state index >= 15 is 0 Å². The fourth-order valence-electron chi connectivity index (χ4n) is 1.89. The number of anilines is 1. The van der Waals surface area contributed by atoms with Gasteiger partial charge < -0.3 is 10.0 Å². The zero-order chi connectivity index (χ0) is 12.3. The molecule has 0 aliphatic carbocycles. The Balaban J connectivity index is 1.91. The number of aromatic nitrogens is 2. The number of piperidine rings is 1. The second-order valence-corrected chi connectivity index (χ2v) is 5.58. The number of rotatable bonds is 4. The maximum atomic E-state index is 10.5. The third kappa shape index (κ3) is 3.39. The van der Waals surface area contributed by atoms with Crippen LogP contribution >= 0.6 is 11.3 Å². The summed E-state index contributed by atoms with van der Waals surface area (Å²) in [5.74, 6) is 0.0131. The van der Waals surface area contributed by atoms with Crippen molar-refractivity contribution < 1.29 is 9.90 Å². The maximum absolute atomic E-state index is 10.5. The van der Waals surface area contributed by atoms with Crippen LogP contribution in [-0.4, -0.2) is 34.4 Å². The lowest BCUT2D eigenvalue weighted by Crippen LogP contribution is -2.32. The van der Waals surface area contributed by atoms with Gasteiger partial charge in [0.25, 0.3) is 0 Å². The van der Waals surface area contributed by atoms with E-state index in [9.17, 15) is 4.79 Å². The van der Waals surface area contributed by atoms with Crippen LogP contribution in [0.2, 0.25) is 0 Å². The number of hydrogen-bond donors (Lipinski definition) is 1. The van der Waals surface area contributed by atoms with Gasteiger partial charge in [-0.3, -0.25) is 4.79 Å². The van der Waals surface area contributed by atoms with Gasteiger partial charge in [0.15, 0.2) is 0 Å². The minimum Gasteiger partial charge on any atom is -0.481 e. The highest BCUT2D eigenvalue weighted by Crippen LogP contribution is 2.26. The maximum Gasteiger partial charge on any atom is 0.303 e. The van der Waals surface area contributed by atoms with Crippen LogP contribution in [-0.2, 0) is 11.2 Å². The molecule has 1 aromatic heterocycles. The average molecular weight is 255 g/mol. The van der Waals surface area contributed by atoms with Crippen LogP contribution in [0.4, 0.5) is 5.13 Å². The fourth-order valence-corrected chi connectivity index (χ4v) is 2.78. The van der Waals surface area contributed by atoms with Gasteiger partial charge in [0, 0.05) is 19.5 Å². The van der Waals surface area contributed by atoms with Crippen LogP contribution < -0.4 is 4.90 Å². The van der Waals surface area contributed by atoms with Crippen molar-refractivity contribution in [3.05, 3.63) is 5.01 Å². The molecule has 1 aliphatic heterocycles. The highest BCUT2D eigenvalue weighted by molar-refractivity contribution is 7.15. The SMILES string of the molecule is CC1CCN(c2nnc(CCC(=O)O)s2)CC1. The molecule has 1 fully saturated rings. The van der Waals surface area contributed by atoms with Gasteiger partial charge in [-0.15, -0.1) is 10.2 Å². The first-order valence-corrected chi connectivity index (χ1v) is 6.76. The summed E-state index contributed by atoms with van der Waals surface area (Å²) in [6.45, 7) is 4.35. The molecule has 1 aromatic rings. The van der Waals surface area contributed by atoms with Gasteiger partial charge in [-0.25, -0.2) is 0 Å². The summed E-state index contributed by atoms with van der Waals surface area (Å²) in [6.07, 6.45) is 3.01. The molecule has 0 bridgehead atoms. The van der Waals surface area contributed by atoms with Crippen molar-refractivity contribution in [1.29, 1.82) is 0 Å². The normalized spacial score (nSPS) is 17.4. The summed E-state index contributed by atoms with van der Waals surface area (Å²) >= 11 is 1.52. The molecular formula is C11H17N3O2S. The van der Waals surface area contributed by atoms with Crippen molar-refractivity contribution in [2.45, 2.75) is 32.6 Å². The Hall–Kier alpha value is -1.17. The van der Waals surface area contributed by atoms with E-state index in [2.05, 4.69) is 22.0 Å². The van der Waals surface area contributed by atoms with Crippen LogP contribution in [0, 0.1) is 5.92 Å². The van der Waals surface area contributed by atoms with Crippen molar-refractivity contribution in [2.75, 3.05) is 18.0 Å². The van der Waals surface area contributed by atoms with Gasteiger partial charge in [-0.2, -0.15) is 0 Å². The van der Waals surface area contributed by atoms with Gasteiger partial charge in [-0.1, -0.05) is 18.3 Å². The summed E-state index contributed by atoms with van der Waals surface area (Å²) < 4.78 is 0. The standard InChI is InChI=1S/C11H17N3O2S/c1-8-4-6-14(7-5-8)11-13-12-9(17-11)2-3-10(15)16/h8H,2-7H2,1H3,(H,15,16). The lowest BCUT2D eigenvalue weighted by atomic mass is 10.00. The third-order valence-electron chi connectivity index (χ3n) is 3.06. The second kappa shape index (κ2) is 5.44. The first kappa shape index (κ1) is 12.3. The number of nitrogens with zero attached hydrogens (tertiary/aromatic N) is 3. The third-order valence-corrected chi connectivity index (χ3v) is 4.11. The Kier molecular flexibility index (Phi) is 3.93. The minimum atomic E-state index is -0.784. The Morgan fingerprint density at radius 3 is 2.82 bits per heavy atom. The van der Waals surface area contributed by atoms with Gasteiger partial charge >= 0.3 is 5.97 Å². The van der Waals surface area contributed by atoms with E-state index in [4.69, 9.17) is 5.11 Å². The molecule has 0 radical (unpaired) electrons. The summed E-state index contributed by atoms with van der Waals surface area (Å²) in [6, 6.07) is 0. The van der Waals surface area contributed by atoms with Gasteiger partial charge in [0.1, 0.15) is 5.01 Å². The molecule has 5 nitrogen and oxygen atoms in total. The van der Waals surface area contributed by atoms with Crippen LogP contribution in [0.5, 0.6) is 0 Å². The molecule has 0 aromatic carbocycles. The first-order valence-electron chi connectivity index (χ1n) is 5.94. The summed E-state index contributed by atoms with van der Waals surface area (Å²) in [5, 5.41) is 18.6. The molecule has 2 rings (SSSR count). The Morgan fingerprint density at radius 1 is 1.47 bits per heavy atom. The van der Waals surface area contributed by atoms with E-state index in [1.54, 1.807) is 0 Å². The van der Waals surface area contributed by atoms with Crippen molar-refractivity contribution in [1.82, 2.24) is 10.2 Å². The zero-order valence-electron chi connectivity index (χ0n) is 9.93. The van der Waals surface area contributed by atoms with Crippen molar-refractivity contribution in [3.63, 3.8) is 0 Å². The Bertz CT molecular complexity index is 386. The molecule has 1 saturated heterocycles. The summed E-state index contributed by atoms with van der Waals surface area (Å²) in [7, 11) is 0. The number of carboxylic acid groups (broad SMARTS) is 1. The zero-order valence-corrected chi connectivity index (χ0v) is 10.7. The number of aryl methyl sites for hydroxylation is 1. The molecule has 1 aliphatic rings. The van der Waals surface area contributed by atoms with E-state index in [-0.39, 0.29) is 6.42 Å². The van der Waals surface area contributed by atoms with Crippen LogP contribution in [0.1, 0.15) is 31.2 Å². The van der Waals surface area contributed by atoms with Gasteiger partial charge in [-0.05, 0) is 18.8 Å². The molecular weight excluding hydrogens is 238 g/mol. The quantitative estimate of drug-likeness (QED) is 0.888. The molecule has 0 unspecified atom stereocenters. The van der Waals surface area contributed by atoms with Gasteiger partial charge in [0.2, 0.25) is 5.13 Å². The molecule has 2 heterocycles. The topological polar surface area (TPSA) is 66.3 Å². The van der Waals surface area contributed by atoms with Gasteiger partial charge in [0.05, 0.1) is 6.42 Å². The average Bonchev–Trinajstić information content (AvgIpc) is 2.76. The summed E-state index contributed by atoms with van der Waals surface area (Å²) in [4.78, 5) is 12.7. The second-order valence-electron chi connectivity index (χ2n) is 4.54. The fraction of sp³-hybridized carbons (Fsp3) is 0.727. The monoisotopic (exact) mass is 255 g/mol. The number of aliphatic carboxylic acids is 1. The molecule has 1 N–H and O–H groups in total. The van der Waals surface area contributed by atoms with Crippen molar-refractivity contribution >= 4 is 22.4 Å². The molecule has 6 heteroatoms. The van der Waals surface area contributed by atoms with Crippen LogP contribution in [0.3, 0.4) is 0 Å². The van der Waals surface area contributed by atoms with E-state index in [0.29, 0.717) is 6.42 Å². The number of carbonyl (C=O) groups is 1. The van der Waals surface area contributed by atoms with E-state index in [1.165, 1.54) is 24.2 Å². The lowest BCUT2D eigenvalue weighted by Gasteiger charge is -2.29. The largest absolute Gasteiger partial charge is 0.481 e. The van der Waals surface area contributed by atoms with Crippen molar-refractivity contribution in [3.8, 4) is 0 Å². The predicted molar refractivity (Wildman–Crippen MR) is 66.5 cm³/mol. The summed E-state index contributed by atoms with van der Waals surface area (Å²) in [5.41, 5.74) is 0. The number of hydrogen-bond acceptors (Lipinski definition) is 5. The minimum absolute atomic E-state index is 0.131. The Morgan fingerprint density at radius 2 is 2.18 bits per heavy atom. The predicted octanol–water partition coefficient (Wildman–Crippen LogP) is 1.79. The molecule has 17 heavy (non-hydrogen) atoms. The van der Waals surface area contributed by atoms with E-state index < -0.39 is 5.97 Å². The number of carboxylic acids is 1. The van der Waals surface area contributed by atoms with Crippen LogP contribution in [0.15, 0.2) is 0 Å². The van der Waals surface area contributed by atoms with Crippen LogP contribution in [0.25, 0.3) is 0 Å². The highest BCUT2D eigenvalue weighted by Gasteiger charge is 2.19. The van der Waals surface area contributed by atoms with Crippen molar-refractivity contribution in [2.24, 2.45) is 5.92 Å². The smallest absolute Gasteiger partial charge is 0.303 e. The van der Waals surface area contributed by atoms with E-state index in [1.807, 2.05) is 0 Å². The molecule has 94 valence electrons. The highest BCUT2D eigenvalue weighted by atomic mass is 32.1. The Labute approximate surface area is 104 Å². The van der Waals surface area contributed by atoms with E-state index in [0.717, 1.165) is 29.1 Å². The molecule has 0 saturated carbocycles.